The van der Waals surface area contributed by atoms with Gasteiger partial charge in [0.1, 0.15) is 0 Å². The van der Waals surface area contributed by atoms with Gasteiger partial charge in [0, 0.05) is 23.4 Å². The molecule has 0 aliphatic heterocycles. The van der Waals surface area contributed by atoms with Crippen molar-refractivity contribution in [1.82, 2.24) is 10.3 Å². The molecule has 0 saturated heterocycles. The standard InChI is InChI=1S/C19H25N3OS/c1-14-17(15-8-4-2-5-9-15)22-16(24-14)10-13-21-18(23)19(20)11-6-3-7-12-19/h2,4-5,8-9H,3,6-7,10-13,20H2,1H3,(H,21,23). The van der Waals surface area contributed by atoms with Gasteiger partial charge in [-0.15, -0.1) is 11.3 Å². The number of hydrogen-bond donors (Lipinski definition) is 2. The predicted molar refractivity (Wildman–Crippen MR) is 99.0 cm³/mol. The zero-order valence-corrected chi connectivity index (χ0v) is 15.0. The molecule has 1 fully saturated rings. The Bertz CT molecular complexity index is 690. The van der Waals surface area contributed by atoms with Crippen LogP contribution in [0.3, 0.4) is 0 Å². The molecular formula is C19H25N3OS. The predicted octanol–water partition coefficient (Wildman–Crippen LogP) is 3.44. The summed E-state index contributed by atoms with van der Waals surface area (Å²) in [6, 6.07) is 10.2. The second-order valence-electron chi connectivity index (χ2n) is 6.60. The molecule has 3 N–H and O–H groups in total. The van der Waals surface area contributed by atoms with Crippen LogP contribution in [-0.2, 0) is 11.2 Å². The molecule has 1 heterocycles. The number of nitrogens with two attached hydrogens (primary N) is 1. The Kier molecular flexibility index (Phi) is 5.31. The first-order valence-corrected chi connectivity index (χ1v) is 9.49. The molecule has 0 spiro atoms. The Morgan fingerprint density at radius 2 is 1.96 bits per heavy atom. The van der Waals surface area contributed by atoms with E-state index in [0.717, 1.165) is 48.4 Å². The van der Waals surface area contributed by atoms with Gasteiger partial charge in [0.25, 0.3) is 0 Å². The van der Waals surface area contributed by atoms with Crippen LogP contribution in [0.4, 0.5) is 0 Å². The van der Waals surface area contributed by atoms with Crippen LogP contribution in [0.5, 0.6) is 0 Å². The van der Waals surface area contributed by atoms with Gasteiger partial charge in [0.15, 0.2) is 0 Å². The SMILES string of the molecule is Cc1sc(CCNC(=O)C2(N)CCCCC2)nc1-c1ccccc1. The monoisotopic (exact) mass is 343 g/mol. The number of carbonyl (C=O) groups excluding carboxylic acids is 1. The van der Waals surface area contributed by atoms with E-state index >= 15 is 0 Å². The van der Waals surface area contributed by atoms with Crippen molar-refractivity contribution >= 4 is 17.2 Å². The summed E-state index contributed by atoms with van der Waals surface area (Å²) >= 11 is 1.70. The maximum absolute atomic E-state index is 12.4. The largest absolute Gasteiger partial charge is 0.354 e. The molecule has 0 bridgehead atoms. The first-order valence-electron chi connectivity index (χ1n) is 8.67. The molecule has 3 rings (SSSR count). The van der Waals surface area contributed by atoms with Crippen LogP contribution in [0.2, 0.25) is 0 Å². The molecule has 4 nitrogen and oxygen atoms in total. The average molecular weight is 343 g/mol. The molecule has 2 aromatic rings. The highest BCUT2D eigenvalue weighted by Crippen LogP contribution is 2.28. The fourth-order valence-electron chi connectivity index (χ4n) is 3.29. The molecule has 1 aliphatic carbocycles. The minimum Gasteiger partial charge on any atom is -0.354 e. The van der Waals surface area contributed by atoms with E-state index in [9.17, 15) is 4.79 Å². The van der Waals surface area contributed by atoms with Gasteiger partial charge in [-0.3, -0.25) is 4.79 Å². The number of thiazole rings is 1. The van der Waals surface area contributed by atoms with E-state index in [0.29, 0.717) is 6.54 Å². The summed E-state index contributed by atoms with van der Waals surface area (Å²) in [4.78, 5) is 18.3. The van der Waals surface area contributed by atoms with Gasteiger partial charge in [-0.2, -0.15) is 0 Å². The molecule has 0 radical (unpaired) electrons. The van der Waals surface area contributed by atoms with Crippen LogP contribution in [-0.4, -0.2) is 23.0 Å². The molecule has 1 amide bonds. The van der Waals surface area contributed by atoms with Crippen molar-refractivity contribution in [2.24, 2.45) is 5.73 Å². The number of nitrogens with zero attached hydrogens (tertiary/aromatic N) is 1. The number of amides is 1. The smallest absolute Gasteiger partial charge is 0.240 e. The van der Waals surface area contributed by atoms with Gasteiger partial charge in [-0.05, 0) is 19.8 Å². The summed E-state index contributed by atoms with van der Waals surface area (Å²) in [6.45, 7) is 2.69. The van der Waals surface area contributed by atoms with E-state index in [4.69, 9.17) is 10.7 Å². The van der Waals surface area contributed by atoms with E-state index in [1.807, 2.05) is 18.2 Å². The highest BCUT2D eigenvalue weighted by atomic mass is 32.1. The maximum Gasteiger partial charge on any atom is 0.240 e. The van der Waals surface area contributed by atoms with Crippen molar-refractivity contribution in [2.45, 2.75) is 51.0 Å². The third-order valence-electron chi connectivity index (χ3n) is 4.71. The summed E-state index contributed by atoms with van der Waals surface area (Å²) in [5.74, 6) is -0.00115. The summed E-state index contributed by atoms with van der Waals surface area (Å²) < 4.78 is 0. The molecule has 1 aromatic carbocycles. The Balaban J connectivity index is 1.57. The first-order chi connectivity index (χ1) is 11.6. The molecule has 0 atom stereocenters. The van der Waals surface area contributed by atoms with Gasteiger partial charge >= 0.3 is 0 Å². The van der Waals surface area contributed by atoms with Crippen molar-refractivity contribution in [3.63, 3.8) is 0 Å². The van der Waals surface area contributed by atoms with Crippen molar-refractivity contribution < 1.29 is 4.79 Å². The summed E-state index contributed by atoms with van der Waals surface area (Å²) in [5, 5.41) is 4.07. The zero-order valence-electron chi connectivity index (χ0n) is 14.2. The minimum atomic E-state index is -0.660. The number of aromatic nitrogens is 1. The van der Waals surface area contributed by atoms with Gasteiger partial charge in [0.05, 0.1) is 16.2 Å². The normalized spacial score (nSPS) is 16.8. The quantitative estimate of drug-likeness (QED) is 0.874. The summed E-state index contributed by atoms with van der Waals surface area (Å²) in [5.41, 5.74) is 7.79. The lowest BCUT2D eigenvalue weighted by Gasteiger charge is -2.31. The van der Waals surface area contributed by atoms with Crippen molar-refractivity contribution in [1.29, 1.82) is 0 Å². The molecule has 128 valence electrons. The van der Waals surface area contributed by atoms with E-state index in [1.54, 1.807) is 11.3 Å². The van der Waals surface area contributed by atoms with Crippen LogP contribution < -0.4 is 11.1 Å². The van der Waals surface area contributed by atoms with Crippen LogP contribution >= 0.6 is 11.3 Å². The number of rotatable bonds is 5. The molecule has 1 saturated carbocycles. The number of nitrogens with one attached hydrogen (secondary N) is 1. The first kappa shape index (κ1) is 17.1. The van der Waals surface area contributed by atoms with Gasteiger partial charge in [0.2, 0.25) is 5.91 Å². The molecule has 24 heavy (non-hydrogen) atoms. The van der Waals surface area contributed by atoms with E-state index in [2.05, 4.69) is 24.4 Å². The van der Waals surface area contributed by atoms with Crippen molar-refractivity contribution in [2.75, 3.05) is 6.54 Å². The molecule has 0 unspecified atom stereocenters. The Hall–Kier alpha value is -1.72. The third kappa shape index (κ3) is 3.84. The lowest BCUT2D eigenvalue weighted by Crippen LogP contribution is -2.55. The topological polar surface area (TPSA) is 68.0 Å². The lowest BCUT2D eigenvalue weighted by atomic mass is 9.82. The van der Waals surface area contributed by atoms with Crippen LogP contribution in [0.15, 0.2) is 30.3 Å². The zero-order chi connectivity index (χ0) is 17.0. The van der Waals surface area contributed by atoms with Gasteiger partial charge < -0.3 is 11.1 Å². The van der Waals surface area contributed by atoms with Crippen molar-refractivity contribution in [3.05, 3.63) is 40.2 Å². The fraction of sp³-hybridized carbons (Fsp3) is 0.474. The number of hydrogen-bond acceptors (Lipinski definition) is 4. The fourth-order valence-corrected chi connectivity index (χ4v) is 4.25. The number of carbonyl (C=O) groups is 1. The number of benzene rings is 1. The van der Waals surface area contributed by atoms with Crippen molar-refractivity contribution in [3.8, 4) is 11.3 Å². The average Bonchev–Trinajstić information content (AvgIpc) is 2.97. The van der Waals surface area contributed by atoms with E-state index < -0.39 is 5.54 Å². The summed E-state index contributed by atoms with van der Waals surface area (Å²) in [7, 11) is 0. The second-order valence-corrected chi connectivity index (χ2v) is 7.89. The summed E-state index contributed by atoms with van der Waals surface area (Å²) in [6.07, 6.45) is 5.64. The van der Waals surface area contributed by atoms with Gasteiger partial charge in [-0.1, -0.05) is 49.6 Å². The third-order valence-corrected chi connectivity index (χ3v) is 5.74. The molecule has 1 aromatic heterocycles. The van der Waals surface area contributed by atoms with E-state index in [-0.39, 0.29) is 5.91 Å². The van der Waals surface area contributed by atoms with Crippen LogP contribution in [0.25, 0.3) is 11.3 Å². The molecular weight excluding hydrogens is 318 g/mol. The van der Waals surface area contributed by atoms with Crippen LogP contribution in [0, 0.1) is 6.92 Å². The highest BCUT2D eigenvalue weighted by Gasteiger charge is 2.34. The molecule has 5 heteroatoms. The highest BCUT2D eigenvalue weighted by molar-refractivity contribution is 7.12. The van der Waals surface area contributed by atoms with Gasteiger partial charge in [-0.25, -0.2) is 4.98 Å². The minimum absolute atomic E-state index is 0.00115. The Morgan fingerprint density at radius 3 is 2.67 bits per heavy atom. The van der Waals surface area contributed by atoms with Crippen LogP contribution in [0.1, 0.15) is 42.0 Å². The lowest BCUT2D eigenvalue weighted by molar-refractivity contribution is -0.127. The Labute approximate surface area is 147 Å². The maximum atomic E-state index is 12.4. The van der Waals surface area contributed by atoms with E-state index in [1.165, 1.54) is 11.3 Å². The Morgan fingerprint density at radius 1 is 1.25 bits per heavy atom. The number of aryl methyl sites for hydroxylation is 1. The molecule has 1 aliphatic rings. The second kappa shape index (κ2) is 7.45.